The van der Waals surface area contributed by atoms with Crippen molar-refractivity contribution < 1.29 is 29.3 Å². The van der Waals surface area contributed by atoms with Crippen molar-refractivity contribution in [1.29, 1.82) is 0 Å². The number of aliphatic hydroxyl groups excluding tert-OH is 1. The third-order valence-corrected chi connectivity index (χ3v) is 3.18. The zero-order chi connectivity index (χ0) is 17.4. The van der Waals surface area contributed by atoms with Gasteiger partial charge in [-0.1, -0.05) is 0 Å². The Labute approximate surface area is 139 Å². The van der Waals surface area contributed by atoms with Crippen LogP contribution in [0, 0.1) is 0 Å². The maximum Gasteiger partial charge on any atom is 0.233 e. The molecule has 2 aromatic rings. The van der Waals surface area contributed by atoms with E-state index >= 15 is 0 Å². The molecule has 0 spiro atoms. The number of Topliss-reactive ketones (excluding diaryl/α,β-unsaturated/α-hetero) is 2. The van der Waals surface area contributed by atoms with Gasteiger partial charge >= 0.3 is 0 Å². The molecule has 24 heavy (non-hydrogen) atoms. The first kappa shape index (κ1) is 17.7. The Morgan fingerprint density at radius 3 is 1.88 bits per heavy atom. The van der Waals surface area contributed by atoms with Crippen molar-refractivity contribution in [3.63, 3.8) is 0 Å². The molecule has 0 saturated heterocycles. The molecule has 6 nitrogen and oxygen atoms in total. The number of aliphatic hydroxyl groups is 1. The van der Waals surface area contributed by atoms with Crippen LogP contribution in [-0.4, -0.2) is 48.2 Å². The van der Waals surface area contributed by atoms with Crippen LogP contribution in [0.3, 0.4) is 0 Å². The minimum Gasteiger partial charge on any atom is -0.508 e. The van der Waals surface area contributed by atoms with Gasteiger partial charge in [-0.3, -0.25) is 9.59 Å². The normalized spacial score (nSPS) is 10.4. The standard InChI is InChI=1S/C18H18O6/c19-9-10-23-11-12-24-16-7-3-14(4-8-16)18(22)17(21)13-1-5-15(20)6-2-13/h1-8,19-20H,9-12H2. The second-order valence-corrected chi connectivity index (χ2v) is 4.91. The number of rotatable bonds is 9. The van der Waals surface area contributed by atoms with Crippen LogP contribution in [0.5, 0.6) is 11.5 Å². The van der Waals surface area contributed by atoms with Gasteiger partial charge in [0, 0.05) is 11.1 Å². The lowest BCUT2D eigenvalue weighted by Crippen LogP contribution is -2.14. The van der Waals surface area contributed by atoms with Crippen molar-refractivity contribution in [3.8, 4) is 11.5 Å². The maximum atomic E-state index is 12.2. The molecule has 0 aliphatic rings. The van der Waals surface area contributed by atoms with Gasteiger partial charge in [0.1, 0.15) is 18.1 Å². The fraction of sp³-hybridized carbons (Fsp3) is 0.222. The van der Waals surface area contributed by atoms with Gasteiger partial charge in [-0.05, 0) is 48.5 Å². The first-order chi connectivity index (χ1) is 11.6. The van der Waals surface area contributed by atoms with Crippen LogP contribution in [0.4, 0.5) is 0 Å². The third-order valence-electron chi connectivity index (χ3n) is 3.18. The number of benzene rings is 2. The van der Waals surface area contributed by atoms with E-state index in [4.69, 9.17) is 14.6 Å². The number of aromatic hydroxyl groups is 1. The third kappa shape index (κ3) is 4.91. The number of ketones is 2. The highest BCUT2D eigenvalue weighted by atomic mass is 16.5. The van der Waals surface area contributed by atoms with Crippen LogP contribution >= 0.6 is 0 Å². The molecule has 0 heterocycles. The van der Waals surface area contributed by atoms with E-state index in [1.54, 1.807) is 12.1 Å². The Hall–Kier alpha value is -2.70. The lowest BCUT2D eigenvalue weighted by atomic mass is 10.0. The summed E-state index contributed by atoms with van der Waals surface area (Å²) in [4.78, 5) is 24.3. The summed E-state index contributed by atoms with van der Waals surface area (Å²) in [6.07, 6.45) is 0. The molecule has 0 atom stereocenters. The number of carbonyl (C=O) groups is 2. The minimum atomic E-state index is -0.638. The molecule has 0 aromatic heterocycles. The van der Waals surface area contributed by atoms with Crippen LogP contribution in [0.25, 0.3) is 0 Å². The number of phenols is 1. The Morgan fingerprint density at radius 1 is 0.792 bits per heavy atom. The van der Waals surface area contributed by atoms with Gasteiger partial charge in [-0.2, -0.15) is 0 Å². The van der Waals surface area contributed by atoms with Crippen LogP contribution in [0.15, 0.2) is 48.5 Å². The second-order valence-electron chi connectivity index (χ2n) is 4.91. The Morgan fingerprint density at radius 2 is 1.33 bits per heavy atom. The van der Waals surface area contributed by atoms with E-state index in [1.807, 2.05) is 0 Å². The van der Waals surface area contributed by atoms with Gasteiger partial charge in [0.05, 0.1) is 19.8 Å². The van der Waals surface area contributed by atoms with Gasteiger partial charge < -0.3 is 19.7 Å². The highest BCUT2D eigenvalue weighted by molar-refractivity contribution is 6.49. The zero-order valence-electron chi connectivity index (χ0n) is 13.0. The zero-order valence-corrected chi connectivity index (χ0v) is 13.0. The van der Waals surface area contributed by atoms with Gasteiger partial charge in [0.2, 0.25) is 11.6 Å². The highest BCUT2D eigenvalue weighted by Gasteiger charge is 2.18. The summed E-state index contributed by atoms with van der Waals surface area (Å²) in [5, 5.41) is 17.8. The minimum absolute atomic E-state index is 0.0310. The molecule has 2 rings (SSSR count). The molecule has 2 N–H and O–H groups in total. The molecule has 0 unspecified atom stereocenters. The smallest absolute Gasteiger partial charge is 0.233 e. The largest absolute Gasteiger partial charge is 0.508 e. The lowest BCUT2D eigenvalue weighted by molar-refractivity contribution is 0.0705. The average molecular weight is 330 g/mol. The van der Waals surface area contributed by atoms with Crippen LogP contribution in [0.2, 0.25) is 0 Å². The fourth-order valence-electron chi connectivity index (χ4n) is 1.96. The molecule has 6 heteroatoms. The molecular formula is C18H18O6. The molecule has 0 aliphatic heterocycles. The van der Waals surface area contributed by atoms with E-state index in [-0.39, 0.29) is 30.1 Å². The van der Waals surface area contributed by atoms with E-state index < -0.39 is 11.6 Å². The van der Waals surface area contributed by atoms with E-state index in [2.05, 4.69) is 0 Å². The Kier molecular flexibility index (Phi) is 6.48. The van der Waals surface area contributed by atoms with E-state index in [0.717, 1.165) is 0 Å². The first-order valence-electron chi connectivity index (χ1n) is 7.41. The molecule has 0 aliphatic carbocycles. The maximum absolute atomic E-state index is 12.2. The predicted molar refractivity (Wildman–Crippen MR) is 86.6 cm³/mol. The van der Waals surface area contributed by atoms with Crippen molar-refractivity contribution >= 4 is 11.6 Å². The quantitative estimate of drug-likeness (QED) is 0.414. The van der Waals surface area contributed by atoms with Crippen molar-refractivity contribution in [2.24, 2.45) is 0 Å². The van der Waals surface area contributed by atoms with Crippen molar-refractivity contribution in [3.05, 3.63) is 59.7 Å². The highest BCUT2D eigenvalue weighted by Crippen LogP contribution is 2.16. The fourth-order valence-corrected chi connectivity index (χ4v) is 1.96. The SMILES string of the molecule is O=C(C(=O)c1ccc(OCCOCCO)cc1)c1ccc(O)cc1. The lowest BCUT2D eigenvalue weighted by Gasteiger charge is -2.07. The van der Waals surface area contributed by atoms with E-state index in [1.165, 1.54) is 36.4 Å². The van der Waals surface area contributed by atoms with E-state index in [9.17, 15) is 14.7 Å². The average Bonchev–Trinajstić information content (AvgIpc) is 2.61. The van der Waals surface area contributed by atoms with Crippen LogP contribution in [0.1, 0.15) is 20.7 Å². The van der Waals surface area contributed by atoms with Gasteiger partial charge in [-0.15, -0.1) is 0 Å². The topological polar surface area (TPSA) is 93.1 Å². The number of ether oxygens (including phenoxy) is 2. The molecular weight excluding hydrogens is 312 g/mol. The summed E-state index contributed by atoms with van der Waals surface area (Å²) >= 11 is 0. The molecule has 0 radical (unpaired) electrons. The predicted octanol–water partition coefficient (Wildman–Crippen LogP) is 1.85. The first-order valence-corrected chi connectivity index (χ1v) is 7.41. The summed E-state index contributed by atoms with van der Waals surface area (Å²) in [6, 6.07) is 11.8. The summed E-state index contributed by atoms with van der Waals surface area (Å²) in [6.45, 7) is 0.891. The summed E-state index contributed by atoms with van der Waals surface area (Å²) in [5.74, 6) is -0.681. The molecule has 0 bridgehead atoms. The van der Waals surface area contributed by atoms with Gasteiger partial charge in [0.25, 0.3) is 0 Å². The molecule has 0 saturated carbocycles. The Bertz CT molecular complexity index is 676. The van der Waals surface area contributed by atoms with Gasteiger partial charge in [0.15, 0.2) is 0 Å². The second kappa shape index (κ2) is 8.81. The molecule has 126 valence electrons. The molecule has 0 fully saturated rings. The summed E-state index contributed by atoms with van der Waals surface area (Å²) < 4.78 is 10.5. The summed E-state index contributed by atoms with van der Waals surface area (Å²) in [7, 11) is 0. The van der Waals surface area contributed by atoms with Crippen molar-refractivity contribution in [1.82, 2.24) is 0 Å². The molecule has 0 amide bonds. The number of phenolic OH excluding ortho intramolecular Hbond substituents is 1. The number of carbonyl (C=O) groups excluding carboxylic acids is 2. The van der Waals surface area contributed by atoms with Crippen LogP contribution in [-0.2, 0) is 4.74 Å². The Balaban J connectivity index is 1.93. The van der Waals surface area contributed by atoms with Gasteiger partial charge in [-0.25, -0.2) is 0 Å². The van der Waals surface area contributed by atoms with Crippen LogP contribution < -0.4 is 4.74 Å². The molecule has 2 aromatic carbocycles. The van der Waals surface area contributed by atoms with Crippen molar-refractivity contribution in [2.45, 2.75) is 0 Å². The van der Waals surface area contributed by atoms with E-state index in [0.29, 0.717) is 19.0 Å². The number of hydrogen-bond acceptors (Lipinski definition) is 6. The number of hydrogen-bond donors (Lipinski definition) is 2. The van der Waals surface area contributed by atoms with Crippen molar-refractivity contribution in [2.75, 3.05) is 26.4 Å². The monoisotopic (exact) mass is 330 g/mol. The summed E-state index contributed by atoms with van der Waals surface area (Å²) in [5.41, 5.74) is 0.483.